The summed E-state index contributed by atoms with van der Waals surface area (Å²) in [6.07, 6.45) is -0.187. The van der Waals surface area contributed by atoms with Crippen molar-refractivity contribution in [2.45, 2.75) is 25.4 Å². The van der Waals surface area contributed by atoms with Crippen molar-refractivity contribution in [2.24, 2.45) is 0 Å². The maximum absolute atomic E-state index is 13.1. The van der Waals surface area contributed by atoms with E-state index in [4.69, 9.17) is 4.74 Å². The Hall–Kier alpha value is -2.74. The van der Waals surface area contributed by atoms with E-state index in [0.29, 0.717) is 37.0 Å². The van der Waals surface area contributed by atoms with Gasteiger partial charge in [-0.25, -0.2) is 4.98 Å². The SMILES string of the molecule is Cc1nc([C@H]2CN(C(=O)[C@H]3CC(=O)Nc4ccccc43)CCO2)n[nH]1. The molecule has 8 nitrogen and oxygen atoms in total. The largest absolute Gasteiger partial charge is 0.366 e. The summed E-state index contributed by atoms with van der Waals surface area (Å²) in [7, 11) is 0. The highest BCUT2D eigenvalue weighted by Gasteiger charge is 2.36. The highest BCUT2D eigenvalue weighted by molar-refractivity contribution is 6.01. The van der Waals surface area contributed by atoms with Gasteiger partial charge in [0.05, 0.1) is 19.1 Å². The number of carbonyl (C=O) groups is 2. The number of hydrogen-bond donors (Lipinski definition) is 2. The fraction of sp³-hybridized carbons (Fsp3) is 0.412. The molecule has 1 aromatic heterocycles. The van der Waals surface area contributed by atoms with Crippen LogP contribution in [0.4, 0.5) is 5.69 Å². The molecule has 2 aliphatic heterocycles. The number of morpholine rings is 1. The van der Waals surface area contributed by atoms with Crippen LogP contribution in [0, 0.1) is 6.92 Å². The number of nitrogens with one attached hydrogen (secondary N) is 2. The number of para-hydroxylation sites is 1. The smallest absolute Gasteiger partial charge is 0.230 e. The van der Waals surface area contributed by atoms with Crippen LogP contribution in [0.3, 0.4) is 0 Å². The van der Waals surface area contributed by atoms with Crippen molar-refractivity contribution in [1.29, 1.82) is 0 Å². The Morgan fingerprint density at radius 2 is 2.20 bits per heavy atom. The molecule has 0 radical (unpaired) electrons. The zero-order chi connectivity index (χ0) is 17.4. The standard InChI is InChI=1S/C17H19N5O3/c1-10-18-16(21-20-10)14-9-22(6-7-25-14)17(24)12-8-15(23)19-13-5-3-2-4-11(12)13/h2-5,12,14H,6-9H2,1H3,(H,19,23)(H,18,20,21)/t12-,14+/m0/s1. The summed E-state index contributed by atoms with van der Waals surface area (Å²) in [5.41, 5.74) is 1.58. The highest BCUT2D eigenvalue weighted by Crippen LogP contribution is 2.34. The summed E-state index contributed by atoms with van der Waals surface area (Å²) in [4.78, 5) is 31.1. The van der Waals surface area contributed by atoms with Gasteiger partial charge in [0, 0.05) is 18.7 Å². The molecule has 0 bridgehead atoms. The molecular weight excluding hydrogens is 322 g/mol. The Kier molecular flexibility index (Phi) is 3.96. The van der Waals surface area contributed by atoms with E-state index in [-0.39, 0.29) is 24.3 Å². The Morgan fingerprint density at radius 3 is 3.00 bits per heavy atom. The van der Waals surface area contributed by atoms with E-state index in [1.54, 1.807) is 4.90 Å². The monoisotopic (exact) mass is 341 g/mol. The molecule has 4 rings (SSSR count). The average Bonchev–Trinajstić information content (AvgIpc) is 3.07. The minimum absolute atomic E-state index is 0.0529. The Morgan fingerprint density at radius 1 is 1.36 bits per heavy atom. The number of rotatable bonds is 2. The average molecular weight is 341 g/mol. The lowest BCUT2D eigenvalue weighted by atomic mass is 9.89. The Labute approximate surface area is 144 Å². The summed E-state index contributed by atoms with van der Waals surface area (Å²) in [6.45, 7) is 3.12. The molecule has 1 fully saturated rings. The van der Waals surface area contributed by atoms with Crippen LogP contribution >= 0.6 is 0 Å². The van der Waals surface area contributed by atoms with E-state index in [1.807, 2.05) is 31.2 Å². The molecule has 130 valence electrons. The molecule has 0 saturated carbocycles. The van der Waals surface area contributed by atoms with E-state index < -0.39 is 5.92 Å². The van der Waals surface area contributed by atoms with Crippen molar-refractivity contribution in [3.05, 3.63) is 41.5 Å². The van der Waals surface area contributed by atoms with Gasteiger partial charge in [-0.05, 0) is 18.6 Å². The van der Waals surface area contributed by atoms with Crippen LogP contribution in [-0.2, 0) is 14.3 Å². The topological polar surface area (TPSA) is 100 Å². The predicted octanol–water partition coefficient (Wildman–Crippen LogP) is 1.14. The molecule has 0 aliphatic carbocycles. The molecule has 8 heteroatoms. The molecule has 2 N–H and O–H groups in total. The molecule has 25 heavy (non-hydrogen) atoms. The van der Waals surface area contributed by atoms with Crippen molar-refractivity contribution >= 4 is 17.5 Å². The van der Waals surface area contributed by atoms with Gasteiger partial charge in [-0.15, -0.1) is 0 Å². The second-order valence-electron chi connectivity index (χ2n) is 6.31. The van der Waals surface area contributed by atoms with E-state index >= 15 is 0 Å². The summed E-state index contributed by atoms with van der Waals surface area (Å²) in [5, 5.41) is 9.75. The van der Waals surface area contributed by atoms with E-state index in [1.165, 1.54) is 0 Å². The van der Waals surface area contributed by atoms with Crippen LogP contribution in [0.25, 0.3) is 0 Å². The first-order valence-corrected chi connectivity index (χ1v) is 8.30. The molecule has 3 heterocycles. The second kappa shape index (κ2) is 6.29. The number of benzene rings is 1. The number of anilines is 1. The molecule has 2 aromatic rings. The third kappa shape index (κ3) is 3.00. The van der Waals surface area contributed by atoms with Gasteiger partial charge in [-0.3, -0.25) is 14.7 Å². The highest BCUT2D eigenvalue weighted by atomic mass is 16.5. The number of aromatic amines is 1. The van der Waals surface area contributed by atoms with Gasteiger partial charge in [-0.2, -0.15) is 5.10 Å². The lowest BCUT2D eigenvalue weighted by molar-refractivity contribution is -0.142. The zero-order valence-electron chi connectivity index (χ0n) is 13.9. The van der Waals surface area contributed by atoms with E-state index in [0.717, 1.165) is 5.56 Å². The Balaban J connectivity index is 1.55. The van der Waals surface area contributed by atoms with Crippen LogP contribution < -0.4 is 5.32 Å². The Bertz CT molecular complexity index is 818. The number of aryl methyl sites for hydroxylation is 1. The maximum Gasteiger partial charge on any atom is 0.230 e. The predicted molar refractivity (Wildman–Crippen MR) is 88.8 cm³/mol. The van der Waals surface area contributed by atoms with Crippen molar-refractivity contribution in [3.63, 3.8) is 0 Å². The third-order valence-corrected chi connectivity index (χ3v) is 4.58. The van der Waals surface area contributed by atoms with Crippen molar-refractivity contribution in [1.82, 2.24) is 20.1 Å². The molecule has 2 amide bonds. The third-order valence-electron chi connectivity index (χ3n) is 4.58. The van der Waals surface area contributed by atoms with Crippen LogP contribution in [0.1, 0.15) is 35.7 Å². The van der Waals surface area contributed by atoms with Crippen LogP contribution in [0.5, 0.6) is 0 Å². The van der Waals surface area contributed by atoms with Gasteiger partial charge >= 0.3 is 0 Å². The fourth-order valence-corrected chi connectivity index (χ4v) is 3.36. The number of nitrogens with zero attached hydrogens (tertiary/aromatic N) is 3. The summed E-state index contributed by atoms with van der Waals surface area (Å²) >= 11 is 0. The summed E-state index contributed by atoms with van der Waals surface area (Å²) in [6, 6.07) is 7.45. The van der Waals surface area contributed by atoms with Crippen molar-refractivity contribution in [3.8, 4) is 0 Å². The number of aromatic nitrogens is 3. The molecule has 0 unspecified atom stereocenters. The van der Waals surface area contributed by atoms with Gasteiger partial charge in [-0.1, -0.05) is 18.2 Å². The number of ether oxygens (including phenoxy) is 1. The minimum Gasteiger partial charge on any atom is -0.366 e. The van der Waals surface area contributed by atoms with Gasteiger partial charge < -0.3 is 15.0 Å². The zero-order valence-corrected chi connectivity index (χ0v) is 13.9. The van der Waals surface area contributed by atoms with Gasteiger partial charge in [0.2, 0.25) is 11.8 Å². The first kappa shape index (κ1) is 15.8. The van der Waals surface area contributed by atoms with Gasteiger partial charge in [0.15, 0.2) is 5.82 Å². The molecule has 0 spiro atoms. The molecular formula is C17H19N5O3. The lowest BCUT2D eigenvalue weighted by Crippen LogP contribution is -2.46. The van der Waals surface area contributed by atoms with Crippen LogP contribution in [-0.4, -0.2) is 51.6 Å². The van der Waals surface area contributed by atoms with Gasteiger partial charge in [0.1, 0.15) is 11.9 Å². The number of fused-ring (bicyclic) bond motifs is 1. The van der Waals surface area contributed by atoms with Crippen molar-refractivity contribution in [2.75, 3.05) is 25.0 Å². The number of carbonyl (C=O) groups excluding carboxylic acids is 2. The lowest BCUT2D eigenvalue weighted by Gasteiger charge is -2.35. The summed E-state index contributed by atoms with van der Waals surface area (Å²) < 4.78 is 5.72. The number of H-pyrrole nitrogens is 1. The fourth-order valence-electron chi connectivity index (χ4n) is 3.36. The molecule has 2 aliphatic rings. The van der Waals surface area contributed by atoms with Crippen LogP contribution in [0.15, 0.2) is 24.3 Å². The molecule has 2 atom stereocenters. The number of amides is 2. The van der Waals surface area contributed by atoms with Crippen molar-refractivity contribution < 1.29 is 14.3 Å². The van der Waals surface area contributed by atoms with E-state index in [9.17, 15) is 9.59 Å². The van der Waals surface area contributed by atoms with E-state index in [2.05, 4.69) is 20.5 Å². The van der Waals surface area contributed by atoms with Crippen LogP contribution in [0.2, 0.25) is 0 Å². The van der Waals surface area contributed by atoms with Gasteiger partial charge in [0.25, 0.3) is 0 Å². The minimum atomic E-state index is -0.461. The molecule has 1 aromatic carbocycles. The quantitative estimate of drug-likeness (QED) is 0.853. The second-order valence-corrected chi connectivity index (χ2v) is 6.31. The summed E-state index contributed by atoms with van der Waals surface area (Å²) in [5.74, 6) is 0.614. The first-order chi connectivity index (χ1) is 12.1. The number of hydrogen-bond acceptors (Lipinski definition) is 5. The maximum atomic E-state index is 13.1. The molecule has 1 saturated heterocycles. The normalized spacial score (nSPS) is 23.1. The first-order valence-electron chi connectivity index (χ1n) is 8.30.